The number of aliphatic hydroxyl groups excluding tert-OH is 1. The summed E-state index contributed by atoms with van der Waals surface area (Å²) in [5.41, 5.74) is 0.0810. The van der Waals surface area contributed by atoms with Gasteiger partial charge in [0.2, 0.25) is 0 Å². The molecule has 1 fully saturated rings. The van der Waals surface area contributed by atoms with Crippen molar-refractivity contribution in [1.29, 1.82) is 0 Å². The Balaban J connectivity index is 2.40. The SMILES string of the molecule is CC(O)Cc1c(B2OC(C)(C)C(C)(C)O2)cc[nH]c1=O. The first-order valence-corrected chi connectivity index (χ1v) is 6.88. The lowest BCUT2D eigenvalue weighted by Gasteiger charge is -2.32. The van der Waals surface area contributed by atoms with Gasteiger partial charge in [-0.3, -0.25) is 4.79 Å². The second-order valence-corrected chi connectivity index (χ2v) is 6.38. The summed E-state index contributed by atoms with van der Waals surface area (Å²) in [7, 11) is -0.587. The summed E-state index contributed by atoms with van der Waals surface area (Å²) in [4.78, 5) is 14.6. The van der Waals surface area contributed by atoms with Gasteiger partial charge in [-0.25, -0.2) is 0 Å². The van der Waals surface area contributed by atoms with Crippen LogP contribution in [0.25, 0.3) is 0 Å². The Morgan fingerprint density at radius 3 is 2.35 bits per heavy atom. The van der Waals surface area contributed by atoms with Gasteiger partial charge in [-0.05, 0) is 46.1 Å². The van der Waals surface area contributed by atoms with Crippen molar-refractivity contribution in [1.82, 2.24) is 4.98 Å². The summed E-state index contributed by atoms with van der Waals surface area (Å²) in [6.07, 6.45) is 1.25. The van der Waals surface area contributed by atoms with Crippen LogP contribution in [0.3, 0.4) is 0 Å². The maximum absolute atomic E-state index is 12.0. The van der Waals surface area contributed by atoms with Crippen LogP contribution in [0.2, 0.25) is 0 Å². The normalized spacial score (nSPS) is 22.0. The van der Waals surface area contributed by atoms with Gasteiger partial charge in [-0.2, -0.15) is 0 Å². The first-order valence-electron chi connectivity index (χ1n) is 6.88. The lowest BCUT2D eigenvalue weighted by Crippen LogP contribution is -2.41. The molecular formula is C14H22BNO4. The maximum Gasteiger partial charge on any atom is 0.495 e. The van der Waals surface area contributed by atoms with E-state index in [1.54, 1.807) is 19.2 Å². The lowest BCUT2D eigenvalue weighted by atomic mass is 9.75. The third-order valence-electron chi connectivity index (χ3n) is 4.11. The Morgan fingerprint density at radius 2 is 1.85 bits per heavy atom. The summed E-state index contributed by atoms with van der Waals surface area (Å²) in [5, 5.41) is 9.57. The molecule has 20 heavy (non-hydrogen) atoms. The number of nitrogens with one attached hydrogen (secondary N) is 1. The number of H-pyrrole nitrogens is 1. The van der Waals surface area contributed by atoms with Crippen LogP contribution in [0.1, 0.15) is 40.2 Å². The van der Waals surface area contributed by atoms with Gasteiger partial charge < -0.3 is 19.4 Å². The van der Waals surface area contributed by atoms with Crippen molar-refractivity contribution in [2.45, 2.75) is 58.3 Å². The van der Waals surface area contributed by atoms with Crippen molar-refractivity contribution in [2.75, 3.05) is 0 Å². The van der Waals surface area contributed by atoms with Gasteiger partial charge in [-0.15, -0.1) is 0 Å². The van der Waals surface area contributed by atoms with Crippen molar-refractivity contribution in [2.24, 2.45) is 0 Å². The molecule has 1 aromatic rings. The molecule has 5 nitrogen and oxygen atoms in total. The van der Waals surface area contributed by atoms with Crippen molar-refractivity contribution >= 4 is 12.6 Å². The van der Waals surface area contributed by atoms with Crippen LogP contribution in [0, 0.1) is 0 Å². The number of aromatic amines is 1. The lowest BCUT2D eigenvalue weighted by molar-refractivity contribution is 0.00578. The molecule has 0 radical (unpaired) electrons. The Bertz CT molecular complexity index is 534. The molecule has 0 amide bonds. The second-order valence-electron chi connectivity index (χ2n) is 6.38. The molecule has 0 spiro atoms. The first kappa shape index (κ1) is 15.3. The fourth-order valence-electron chi connectivity index (χ4n) is 2.22. The number of aromatic nitrogens is 1. The van der Waals surface area contributed by atoms with E-state index in [9.17, 15) is 9.90 Å². The number of pyridine rings is 1. The van der Waals surface area contributed by atoms with Gasteiger partial charge in [0.1, 0.15) is 0 Å². The molecule has 0 aliphatic carbocycles. The summed E-state index contributed by atoms with van der Waals surface area (Å²) >= 11 is 0. The number of hydrogen-bond donors (Lipinski definition) is 2. The summed E-state index contributed by atoms with van der Waals surface area (Å²) in [5.74, 6) is 0. The Kier molecular flexibility index (Phi) is 3.84. The summed E-state index contributed by atoms with van der Waals surface area (Å²) in [6, 6.07) is 1.78. The Morgan fingerprint density at radius 1 is 1.30 bits per heavy atom. The van der Waals surface area contributed by atoms with E-state index in [-0.39, 0.29) is 12.0 Å². The van der Waals surface area contributed by atoms with Crippen molar-refractivity contribution < 1.29 is 14.4 Å². The summed E-state index contributed by atoms with van der Waals surface area (Å²) in [6.45, 7) is 9.52. The third kappa shape index (κ3) is 2.68. The Hall–Kier alpha value is -1.11. The standard InChI is InChI=1S/C14H22BNO4/c1-9(17)8-10-11(6-7-16-12(10)18)15-19-13(2,3)14(4,5)20-15/h6-7,9,17H,8H2,1-5H3,(H,16,18). The van der Waals surface area contributed by atoms with Gasteiger partial charge >= 0.3 is 7.12 Å². The van der Waals surface area contributed by atoms with Gasteiger partial charge in [0.15, 0.2) is 0 Å². The molecule has 2 rings (SSSR count). The highest BCUT2D eigenvalue weighted by Crippen LogP contribution is 2.36. The van der Waals surface area contributed by atoms with Crippen LogP contribution < -0.4 is 11.0 Å². The van der Waals surface area contributed by atoms with E-state index in [4.69, 9.17) is 9.31 Å². The number of rotatable bonds is 3. The average molecular weight is 279 g/mol. The molecule has 6 heteroatoms. The van der Waals surface area contributed by atoms with E-state index in [1.807, 2.05) is 27.7 Å². The molecular weight excluding hydrogens is 257 g/mol. The molecule has 0 bridgehead atoms. The van der Waals surface area contributed by atoms with E-state index in [2.05, 4.69) is 4.98 Å². The molecule has 110 valence electrons. The predicted octanol–water partition coefficient (Wildman–Crippen LogP) is 0.597. The molecule has 0 saturated carbocycles. The molecule has 2 heterocycles. The molecule has 1 aliphatic rings. The van der Waals surface area contributed by atoms with Crippen molar-refractivity contribution in [3.8, 4) is 0 Å². The number of aliphatic hydroxyl groups is 1. The van der Waals surface area contributed by atoms with Gasteiger partial charge in [0, 0.05) is 18.2 Å². The van der Waals surface area contributed by atoms with E-state index in [1.165, 1.54) is 0 Å². The zero-order valence-corrected chi connectivity index (χ0v) is 12.7. The van der Waals surface area contributed by atoms with E-state index in [0.29, 0.717) is 11.0 Å². The monoisotopic (exact) mass is 279 g/mol. The molecule has 1 aliphatic heterocycles. The molecule has 1 aromatic heterocycles. The van der Waals surface area contributed by atoms with Crippen LogP contribution in [0.4, 0.5) is 0 Å². The van der Waals surface area contributed by atoms with Crippen LogP contribution >= 0.6 is 0 Å². The van der Waals surface area contributed by atoms with Crippen LogP contribution in [0.15, 0.2) is 17.1 Å². The molecule has 1 unspecified atom stereocenters. The Labute approximate surface area is 119 Å². The van der Waals surface area contributed by atoms with Gasteiger partial charge in [-0.1, -0.05) is 0 Å². The minimum Gasteiger partial charge on any atom is -0.399 e. The van der Waals surface area contributed by atoms with Crippen LogP contribution in [-0.2, 0) is 15.7 Å². The molecule has 2 N–H and O–H groups in total. The zero-order chi connectivity index (χ0) is 15.1. The molecule has 1 atom stereocenters. The van der Waals surface area contributed by atoms with E-state index < -0.39 is 24.4 Å². The number of hydrogen-bond acceptors (Lipinski definition) is 4. The first-order chi connectivity index (χ1) is 9.14. The molecule has 0 aromatic carbocycles. The minimum atomic E-state index is -0.598. The fraction of sp³-hybridized carbons (Fsp3) is 0.643. The minimum absolute atomic E-state index is 0.210. The zero-order valence-electron chi connectivity index (χ0n) is 12.7. The highest BCUT2D eigenvalue weighted by molar-refractivity contribution is 6.62. The maximum atomic E-state index is 12.0. The summed E-state index contributed by atoms with van der Waals surface area (Å²) < 4.78 is 11.9. The smallest absolute Gasteiger partial charge is 0.399 e. The van der Waals surface area contributed by atoms with Crippen molar-refractivity contribution in [3.63, 3.8) is 0 Å². The van der Waals surface area contributed by atoms with Gasteiger partial charge in [0.25, 0.3) is 5.56 Å². The largest absolute Gasteiger partial charge is 0.495 e. The van der Waals surface area contributed by atoms with Gasteiger partial charge in [0.05, 0.1) is 17.3 Å². The van der Waals surface area contributed by atoms with E-state index >= 15 is 0 Å². The highest BCUT2D eigenvalue weighted by Gasteiger charge is 2.52. The predicted molar refractivity (Wildman–Crippen MR) is 78.2 cm³/mol. The third-order valence-corrected chi connectivity index (χ3v) is 4.11. The van der Waals surface area contributed by atoms with Crippen LogP contribution in [-0.4, -0.2) is 34.5 Å². The fourth-order valence-corrected chi connectivity index (χ4v) is 2.22. The average Bonchev–Trinajstić information content (AvgIpc) is 2.50. The molecule has 1 saturated heterocycles. The second kappa shape index (κ2) is 5.02. The highest BCUT2D eigenvalue weighted by atomic mass is 16.7. The van der Waals surface area contributed by atoms with Crippen molar-refractivity contribution in [3.05, 3.63) is 28.2 Å². The van der Waals surface area contributed by atoms with E-state index in [0.717, 1.165) is 0 Å². The topological polar surface area (TPSA) is 71.5 Å². The quantitative estimate of drug-likeness (QED) is 0.795. The van der Waals surface area contributed by atoms with Crippen LogP contribution in [0.5, 0.6) is 0 Å².